The Morgan fingerprint density at radius 1 is 1.33 bits per heavy atom. The minimum atomic E-state index is -0.322. The number of hydrogen-bond acceptors (Lipinski definition) is 6. The van der Waals surface area contributed by atoms with Crippen molar-refractivity contribution in [2.75, 3.05) is 11.5 Å². The molecule has 5 nitrogen and oxygen atoms in total. The lowest BCUT2D eigenvalue weighted by Crippen LogP contribution is -2.06. The van der Waals surface area contributed by atoms with Crippen LogP contribution in [0.4, 0.5) is 9.52 Å². The van der Waals surface area contributed by atoms with E-state index in [1.807, 2.05) is 13.8 Å². The number of halogens is 1. The molecule has 0 amide bonds. The van der Waals surface area contributed by atoms with Crippen LogP contribution in [-0.2, 0) is 0 Å². The largest absolute Gasteiger partial charge is 0.374 e. The predicted octanol–water partition coefficient (Wildman–Crippen LogP) is 3.64. The average Bonchev–Trinajstić information content (AvgIpc) is 3.09. The number of benzene rings is 1. The number of hydrogen-bond donors (Lipinski definition) is 1. The molecule has 0 saturated heterocycles. The van der Waals surface area contributed by atoms with Gasteiger partial charge in [0.25, 0.3) is 0 Å². The normalized spacial score (nSPS) is 11.0. The van der Waals surface area contributed by atoms with Gasteiger partial charge in [-0.3, -0.25) is 4.79 Å². The Morgan fingerprint density at radius 2 is 2.08 bits per heavy atom. The molecule has 0 atom stereocenters. The van der Waals surface area contributed by atoms with Crippen molar-refractivity contribution in [3.05, 3.63) is 53.1 Å². The maximum atomic E-state index is 14.1. The Bertz CT molecular complexity index is 903. The Morgan fingerprint density at radius 3 is 2.75 bits per heavy atom. The molecule has 2 heterocycles. The van der Waals surface area contributed by atoms with E-state index in [1.165, 1.54) is 29.2 Å². The van der Waals surface area contributed by atoms with Gasteiger partial charge in [-0.05, 0) is 32.0 Å². The summed E-state index contributed by atoms with van der Waals surface area (Å²) in [6.07, 6.45) is 0. The summed E-state index contributed by atoms with van der Waals surface area (Å²) >= 11 is 2.55. The first-order valence-electron chi connectivity index (χ1n) is 7.16. The van der Waals surface area contributed by atoms with Crippen molar-refractivity contribution in [1.82, 2.24) is 14.8 Å². The standard InChI is InChI=1S/C16H15FN4OS2/c1-9-7-11(14(22)8-23-16-20-19-15(18)24-16)10(2)21(9)13-6-4-3-5-12(13)17/h3-7H,8H2,1-2H3,(H2,18,19). The topological polar surface area (TPSA) is 73.8 Å². The van der Waals surface area contributed by atoms with Gasteiger partial charge in [0.1, 0.15) is 5.82 Å². The number of carbonyl (C=O) groups excluding carboxylic acids is 1. The Kier molecular flexibility index (Phi) is 4.68. The molecule has 1 aromatic carbocycles. The minimum Gasteiger partial charge on any atom is -0.374 e. The first-order valence-corrected chi connectivity index (χ1v) is 8.96. The quantitative estimate of drug-likeness (QED) is 0.554. The Labute approximate surface area is 146 Å². The fourth-order valence-corrected chi connectivity index (χ4v) is 4.05. The van der Waals surface area contributed by atoms with E-state index in [2.05, 4.69) is 10.2 Å². The molecule has 24 heavy (non-hydrogen) atoms. The van der Waals surface area contributed by atoms with E-state index in [4.69, 9.17) is 5.73 Å². The molecule has 0 spiro atoms. The third kappa shape index (κ3) is 3.20. The predicted molar refractivity (Wildman–Crippen MR) is 94.6 cm³/mol. The summed E-state index contributed by atoms with van der Waals surface area (Å²) < 4.78 is 16.5. The molecular weight excluding hydrogens is 347 g/mol. The highest BCUT2D eigenvalue weighted by atomic mass is 32.2. The van der Waals surface area contributed by atoms with Crippen molar-refractivity contribution in [3.8, 4) is 5.69 Å². The number of nitrogens with two attached hydrogens (primary N) is 1. The second-order valence-corrected chi connectivity index (χ2v) is 7.42. The molecule has 124 valence electrons. The number of aryl methyl sites for hydroxylation is 1. The van der Waals surface area contributed by atoms with E-state index in [1.54, 1.807) is 28.8 Å². The molecule has 0 aliphatic carbocycles. The average molecular weight is 362 g/mol. The second-order valence-electron chi connectivity index (χ2n) is 5.19. The Balaban J connectivity index is 1.86. The number of aromatic nitrogens is 3. The third-order valence-corrected chi connectivity index (χ3v) is 5.46. The fourth-order valence-electron chi connectivity index (χ4n) is 2.53. The maximum absolute atomic E-state index is 14.1. The first kappa shape index (κ1) is 16.7. The summed E-state index contributed by atoms with van der Waals surface area (Å²) in [6.45, 7) is 3.68. The highest BCUT2D eigenvalue weighted by Crippen LogP contribution is 2.27. The highest BCUT2D eigenvalue weighted by molar-refractivity contribution is 8.01. The SMILES string of the molecule is Cc1cc(C(=O)CSc2nnc(N)s2)c(C)n1-c1ccccc1F. The second kappa shape index (κ2) is 6.74. The van der Waals surface area contributed by atoms with Crippen molar-refractivity contribution in [1.29, 1.82) is 0 Å². The van der Waals surface area contributed by atoms with E-state index in [0.29, 0.717) is 20.7 Å². The molecule has 3 aromatic rings. The van der Waals surface area contributed by atoms with Gasteiger partial charge in [-0.2, -0.15) is 0 Å². The lowest BCUT2D eigenvalue weighted by Gasteiger charge is -2.10. The van der Waals surface area contributed by atoms with Crippen LogP contribution < -0.4 is 5.73 Å². The van der Waals surface area contributed by atoms with Gasteiger partial charge in [0.2, 0.25) is 5.13 Å². The number of Topliss-reactive ketones (excluding diaryl/α,β-unsaturated/α-hetero) is 1. The van der Waals surface area contributed by atoms with Gasteiger partial charge in [-0.25, -0.2) is 4.39 Å². The number of ketones is 1. The molecule has 3 rings (SSSR count). The van der Waals surface area contributed by atoms with Gasteiger partial charge < -0.3 is 10.3 Å². The van der Waals surface area contributed by atoms with Gasteiger partial charge in [-0.15, -0.1) is 10.2 Å². The molecule has 0 aliphatic rings. The molecule has 2 N–H and O–H groups in total. The zero-order valence-corrected chi connectivity index (χ0v) is 14.7. The van der Waals surface area contributed by atoms with Crippen molar-refractivity contribution in [2.45, 2.75) is 18.2 Å². The lowest BCUT2D eigenvalue weighted by molar-refractivity contribution is 0.102. The number of thioether (sulfide) groups is 1. The molecular formula is C16H15FN4OS2. The van der Waals surface area contributed by atoms with E-state index in [-0.39, 0.29) is 17.4 Å². The third-order valence-electron chi connectivity index (χ3n) is 3.57. The molecule has 0 unspecified atom stereocenters. The maximum Gasteiger partial charge on any atom is 0.203 e. The smallest absolute Gasteiger partial charge is 0.203 e. The van der Waals surface area contributed by atoms with Crippen molar-refractivity contribution < 1.29 is 9.18 Å². The highest BCUT2D eigenvalue weighted by Gasteiger charge is 2.18. The van der Waals surface area contributed by atoms with Crippen molar-refractivity contribution >= 4 is 34.0 Å². The van der Waals surface area contributed by atoms with Gasteiger partial charge in [-0.1, -0.05) is 35.2 Å². The van der Waals surface area contributed by atoms with E-state index >= 15 is 0 Å². The van der Waals surface area contributed by atoms with E-state index in [0.717, 1.165) is 11.4 Å². The number of nitrogens with zero attached hydrogens (tertiary/aromatic N) is 3. The molecule has 0 radical (unpaired) electrons. The zero-order chi connectivity index (χ0) is 17.3. The number of para-hydroxylation sites is 1. The number of carbonyl (C=O) groups is 1. The Hall–Kier alpha value is -2.19. The van der Waals surface area contributed by atoms with Crippen LogP contribution in [0.15, 0.2) is 34.7 Å². The van der Waals surface area contributed by atoms with Crippen LogP contribution in [0.2, 0.25) is 0 Å². The molecule has 2 aromatic heterocycles. The van der Waals surface area contributed by atoms with Gasteiger partial charge in [0.15, 0.2) is 10.1 Å². The zero-order valence-electron chi connectivity index (χ0n) is 13.1. The van der Waals surface area contributed by atoms with Crippen LogP contribution in [0.25, 0.3) is 5.69 Å². The van der Waals surface area contributed by atoms with Crippen molar-refractivity contribution in [3.63, 3.8) is 0 Å². The summed E-state index contributed by atoms with van der Waals surface area (Å²) in [7, 11) is 0. The summed E-state index contributed by atoms with van der Waals surface area (Å²) in [5.41, 5.74) is 8.09. The van der Waals surface area contributed by atoms with Crippen LogP contribution in [0.5, 0.6) is 0 Å². The number of rotatable bonds is 5. The van der Waals surface area contributed by atoms with E-state index in [9.17, 15) is 9.18 Å². The summed E-state index contributed by atoms with van der Waals surface area (Å²) in [5, 5.41) is 7.98. The van der Waals surface area contributed by atoms with Crippen LogP contribution in [0, 0.1) is 19.7 Å². The summed E-state index contributed by atoms with van der Waals surface area (Å²) in [5.74, 6) is -0.127. The molecule has 0 fully saturated rings. The molecule has 8 heteroatoms. The molecule has 0 saturated carbocycles. The van der Waals surface area contributed by atoms with Crippen LogP contribution in [0.1, 0.15) is 21.7 Å². The lowest BCUT2D eigenvalue weighted by atomic mass is 10.2. The minimum absolute atomic E-state index is 0.0375. The summed E-state index contributed by atoms with van der Waals surface area (Å²) in [6, 6.07) is 8.31. The monoisotopic (exact) mass is 362 g/mol. The van der Waals surface area contributed by atoms with Gasteiger partial charge in [0, 0.05) is 17.0 Å². The fraction of sp³-hybridized carbons (Fsp3) is 0.188. The van der Waals surface area contributed by atoms with Gasteiger partial charge in [0.05, 0.1) is 11.4 Å². The van der Waals surface area contributed by atoms with Crippen LogP contribution in [0.3, 0.4) is 0 Å². The number of nitrogen functional groups attached to an aromatic ring is 1. The number of anilines is 1. The van der Waals surface area contributed by atoms with Crippen molar-refractivity contribution in [2.24, 2.45) is 0 Å². The molecule has 0 aliphatic heterocycles. The first-order chi connectivity index (χ1) is 11.5. The van der Waals surface area contributed by atoms with Crippen LogP contribution in [-0.4, -0.2) is 26.3 Å². The van der Waals surface area contributed by atoms with Crippen LogP contribution >= 0.6 is 23.1 Å². The van der Waals surface area contributed by atoms with E-state index < -0.39 is 0 Å². The van der Waals surface area contributed by atoms with Gasteiger partial charge >= 0.3 is 0 Å². The summed E-state index contributed by atoms with van der Waals surface area (Å²) in [4.78, 5) is 12.5. The molecule has 0 bridgehead atoms.